The second kappa shape index (κ2) is 4.64. The average molecular weight is 240 g/mol. The summed E-state index contributed by atoms with van der Waals surface area (Å²) in [6, 6.07) is 0.176. The second-order valence-electron chi connectivity index (χ2n) is 5.15. The summed E-state index contributed by atoms with van der Waals surface area (Å²) >= 11 is 0. The molecule has 2 fully saturated rings. The van der Waals surface area contributed by atoms with E-state index in [1.54, 1.807) is 0 Å². The van der Waals surface area contributed by atoms with Crippen LogP contribution in [0.25, 0.3) is 0 Å². The highest BCUT2D eigenvalue weighted by atomic mass is 16.5. The van der Waals surface area contributed by atoms with Crippen LogP contribution in [0.5, 0.6) is 0 Å². The average Bonchev–Trinajstić information content (AvgIpc) is 2.62. The highest BCUT2D eigenvalue weighted by Gasteiger charge is 2.52. The van der Waals surface area contributed by atoms with Crippen LogP contribution in [0.1, 0.15) is 25.7 Å². The fourth-order valence-electron chi connectivity index (χ4n) is 2.63. The van der Waals surface area contributed by atoms with Crippen LogP contribution in [0.2, 0.25) is 0 Å². The maximum Gasteiger partial charge on any atom is 0.321 e. The summed E-state index contributed by atoms with van der Waals surface area (Å²) in [4.78, 5) is 26.1. The molecule has 0 spiro atoms. The Bertz CT molecular complexity index is 326. The summed E-state index contributed by atoms with van der Waals surface area (Å²) in [5.74, 6) is -0.525. The maximum atomic E-state index is 12.2. The van der Waals surface area contributed by atoms with Crippen LogP contribution >= 0.6 is 0 Å². The molecule has 1 saturated carbocycles. The molecule has 0 bridgehead atoms. The van der Waals surface area contributed by atoms with E-state index in [9.17, 15) is 9.59 Å². The van der Waals surface area contributed by atoms with Crippen molar-refractivity contribution in [1.82, 2.24) is 10.2 Å². The molecular weight excluding hydrogens is 220 g/mol. The Balaban J connectivity index is 1.96. The molecule has 2 rings (SSSR count). The van der Waals surface area contributed by atoms with Gasteiger partial charge in [-0.25, -0.2) is 0 Å². The number of hydrogen-bond acceptors (Lipinski definition) is 4. The lowest BCUT2D eigenvalue weighted by molar-refractivity contribution is -0.165. The number of ether oxygens (including phenoxy) is 1. The van der Waals surface area contributed by atoms with Crippen molar-refractivity contribution in [2.45, 2.75) is 31.7 Å². The van der Waals surface area contributed by atoms with Crippen molar-refractivity contribution < 1.29 is 14.3 Å². The Morgan fingerprint density at radius 2 is 2.12 bits per heavy atom. The molecule has 1 aliphatic heterocycles. The number of likely N-dealkylation sites (tertiary alicyclic amines) is 1. The minimum absolute atomic E-state index is 0.143. The van der Waals surface area contributed by atoms with Crippen molar-refractivity contribution in [3.8, 4) is 0 Å². The molecule has 1 aliphatic carbocycles. The van der Waals surface area contributed by atoms with Crippen molar-refractivity contribution in [1.29, 1.82) is 0 Å². The van der Waals surface area contributed by atoms with Crippen molar-refractivity contribution in [3.05, 3.63) is 0 Å². The van der Waals surface area contributed by atoms with Gasteiger partial charge in [0.05, 0.1) is 7.11 Å². The van der Waals surface area contributed by atoms with Crippen LogP contribution in [0.4, 0.5) is 0 Å². The van der Waals surface area contributed by atoms with Gasteiger partial charge in [-0.2, -0.15) is 0 Å². The van der Waals surface area contributed by atoms with E-state index in [-0.39, 0.29) is 17.9 Å². The van der Waals surface area contributed by atoms with Crippen molar-refractivity contribution in [2.75, 3.05) is 27.2 Å². The van der Waals surface area contributed by atoms with Crippen LogP contribution in [-0.4, -0.2) is 50.1 Å². The predicted molar refractivity (Wildman–Crippen MR) is 62.3 cm³/mol. The molecule has 1 heterocycles. The van der Waals surface area contributed by atoms with E-state index in [0.29, 0.717) is 12.8 Å². The molecular formula is C12H20N2O3. The van der Waals surface area contributed by atoms with Gasteiger partial charge in [0.2, 0.25) is 5.91 Å². The van der Waals surface area contributed by atoms with E-state index >= 15 is 0 Å². The minimum atomic E-state index is -0.893. The van der Waals surface area contributed by atoms with E-state index in [4.69, 9.17) is 4.74 Å². The van der Waals surface area contributed by atoms with E-state index in [1.807, 2.05) is 7.05 Å². The third-order valence-electron chi connectivity index (χ3n) is 3.94. The summed E-state index contributed by atoms with van der Waals surface area (Å²) in [5, 5.41) is 2.99. The molecule has 0 radical (unpaired) electrons. The van der Waals surface area contributed by atoms with Gasteiger partial charge >= 0.3 is 5.97 Å². The predicted octanol–water partition coefficient (Wildman–Crippen LogP) is 0.150. The molecule has 1 amide bonds. The van der Waals surface area contributed by atoms with Crippen LogP contribution in [-0.2, 0) is 14.3 Å². The van der Waals surface area contributed by atoms with Crippen LogP contribution in [0.15, 0.2) is 0 Å². The third kappa shape index (κ3) is 2.16. The van der Waals surface area contributed by atoms with E-state index in [0.717, 1.165) is 25.9 Å². The zero-order chi connectivity index (χ0) is 12.5. The molecule has 0 aromatic carbocycles. The molecule has 5 heteroatoms. The summed E-state index contributed by atoms with van der Waals surface area (Å²) in [5.41, 5.74) is -0.893. The highest BCUT2D eigenvalue weighted by Crippen LogP contribution is 2.42. The molecule has 0 aromatic rings. The summed E-state index contributed by atoms with van der Waals surface area (Å²) < 4.78 is 4.75. The first-order chi connectivity index (χ1) is 8.08. The molecule has 17 heavy (non-hydrogen) atoms. The number of amides is 1. The number of esters is 1. The first kappa shape index (κ1) is 12.4. The third-order valence-corrected chi connectivity index (χ3v) is 3.94. The van der Waals surface area contributed by atoms with E-state index in [1.165, 1.54) is 7.11 Å². The SMILES string of the molecule is COC(=O)C1(C(=O)NC2CCN(C)C2)CCC1. The highest BCUT2D eigenvalue weighted by molar-refractivity contribution is 6.03. The number of nitrogens with one attached hydrogen (secondary N) is 1. The molecule has 0 aromatic heterocycles. The number of carbonyl (C=O) groups is 2. The Kier molecular flexibility index (Phi) is 3.38. The Morgan fingerprint density at radius 1 is 1.41 bits per heavy atom. The Labute approximate surface area is 101 Å². The summed E-state index contributed by atoms with van der Waals surface area (Å²) in [6.07, 6.45) is 3.12. The van der Waals surface area contributed by atoms with Gasteiger partial charge in [0.15, 0.2) is 0 Å². The van der Waals surface area contributed by atoms with Gasteiger partial charge in [0.1, 0.15) is 5.41 Å². The summed E-state index contributed by atoms with van der Waals surface area (Å²) in [6.45, 7) is 1.86. The van der Waals surface area contributed by atoms with Gasteiger partial charge in [0, 0.05) is 12.6 Å². The molecule has 2 aliphatic rings. The standard InChI is InChI=1S/C12H20N2O3/c1-14-7-4-9(8-14)13-10(15)12(5-3-6-12)11(16)17-2/h9H,3-8H2,1-2H3,(H,13,15). The van der Waals surface area contributed by atoms with Gasteiger partial charge in [-0.3, -0.25) is 9.59 Å². The number of nitrogens with zero attached hydrogens (tertiary/aromatic N) is 1. The van der Waals surface area contributed by atoms with E-state index in [2.05, 4.69) is 10.2 Å². The lowest BCUT2D eigenvalue weighted by atomic mass is 9.68. The molecule has 1 atom stereocenters. The molecule has 1 N–H and O–H groups in total. The summed E-state index contributed by atoms with van der Waals surface area (Å²) in [7, 11) is 3.38. The lowest BCUT2D eigenvalue weighted by Gasteiger charge is -2.37. The number of rotatable bonds is 3. The van der Waals surface area contributed by atoms with Gasteiger partial charge in [-0.15, -0.1) is 0 Å². The van der Waals surface area contributed by atoms with Crippen molar-refractivity contribution in [2.24, 2.45) is 5.41 Å². The zero-order valence-corrected chi connectivity index (χ0v) is 10.5. The number of hydrogen-bond donors (Lipinski definition) is 1. The zero-order valence-electron chi connectivity index (χ0n) is 10.5. The van der Waals surface area contributed by atoms with Crippen LogP contribution in [0.3, 0.4) is 0 Å². The van der Waals surface area contributed by atoms with Gasteiger partial charge in [-0.05, 0) is 32.9 Å². The fraction of sp³-hybridized carbons (Fsp3) is 0.833. The van der Waals surface area contributed by atoms with E-state index < -0.39 is 5.41 Å². The number of carbonyl (C=O) groups excluding carboxylic acids is 2. The maximum absolute atomic E-state index is 12.2. The topological polar surface area (TPSA) is 58.6 Å². The molecule has 1 saturated heterocycles. The largest absolute Gasteiger partial charge is 0.468 e. The Hall–Kier alpha value is -1.10. The number of methoxy groups -OCH3 is 1. The van der Waals surface area contributed by atoms with Crippen LogP contribution in [0, 0.1) is 5.41 Å². The van der Waals surface area contributed by atoms with Crippen LogP contribution < -0.4 is 5.32 Å². The fourth-order valence-corrected chi connectivity index (χ4v) is 2.63. The smallest absolute Gasteiger partial charge is 0.321 e. The number of likely N-dealkylation sites (N-methyl/N-ethyl adjacent to an activating group) is 1. The van der Waals surface area contributed by atoms with Gasteiger partial charge in [0.25, 0.3) is 0 Å². The van der Waals surface area contributed by atoms with Gasteiger partial charge < -0.3 is 15.0 Å². The molecule has 96 valence electrons. The Morgan fingerprint density at radius 3 is 2.53 bits per heavy atom. The first-order valence-corrected chi connectivity index (χ1v) is 6.16. The first-order valence-electron chi connectivity index (χ1n) is 6.16. The van der Waals surface area contributed by atoms with Crippen molar-refractivity contribution in [3.63, 3.8) is 0 Å². The quantitative estimate of drug-likeness (QED) is 0.563. The molecule has 1 unspecified atom stereocenters. The van der Waals surface area contributed by atoms with Crippen molar-refractivity contribution >= 4 is 11.9 Å². The second-order valence-corrected chi connectivity index (χ2v) is 5.15. The monoisotopic (exact) mass is 240 g/mol. The lowest BCUT2D eigenvalue weighted by Crippen LogP contribution is -2.54. The normalized spacial score (nSPS) is 27.3. The van der Waals surface area contributed by atoms with Gasteiger partial charge in [-0.1, -0.05) is 6.42 Å². The minimum Gasteiger partial charge on any atom is -0.468 e. The molecule has 5 nitrogen and oxygen atoms in total.